The monoisotopic (exact) mass is 312 g/mol. The molecule has 20 heavy (non-hydrogen) atoms. The standard InChI is InChI=1S/C13H13ClN2O3S/c14-12-9-11(4-5-13(12)17)16-20(18,19)8-6-10-3-1-2-7-15-10/h1-5,7,9,16-17H,6,8H2. The van der Waals surface area contributed by atoms with Crippen LogP contribution in [0.3, 0.4) is 0 Å². The first-order valence-corrected chi connectivity index (χ1v) is 7.88. The van der Waals surface area contributed by atoms with Crippen molar-refractivity contribution in [2.24, 2.45) is 0 Å². The highest BCUT2D eigenvalue weighted by molar-refractivity contribution is 7.92. The number of nitrogens with zero attached hydrogens (tertiary/aromatic N) is 1. The first-order chi connectivity index (χ1) is 9.46. The molecule has 0 unspecified atom stereocenters. The molecule has 0 saturated heterocycles. The largest absolute Gasteiger partial charge is 0.506 e. The third kappa shape index (κ3) is 4.11. The van der Waals surface area contributed by atoms with E-state index >= 15 is 0 Å². The number of anilines is 1. The van der Waals surface area contributed by atoms with Crippen LogP contribution in [0.1, 0.15) is 5.69 Å². The van der Waals surface area contributed by atoms with Gasteiger partial charge in [-0.05, 0) is 30.3 Å². The van der Waals surface area contributed by atoms with E-state index in [1.54, 1.807) is 18.3 Å². The van der Waals surface area contributed by atoms with Crippen molar-refractivity contribution >= 4 is 27.3 Å². The minimum Gasteiger partial charge on any atom is -0.506 e. The number of aromatic nitrogens is 1. The Hall–Kier alpha value is -1.79. The fraction of sp³-hybridized carbons (Fsp3) is 0.154. The summed E-state index contributed by atoms with van der Waals surface area (Å²) >= 11 is 5.72. The van der Waals surface area contributed by atoms with Gasteiger partial charge in [0.05, 0.1) is 16.5 Å². The Balaban J connectivity index is 2.02. The fourth-order valence-electron chi connectivity index (χ4n) is 1.59. The lowest BCUT2D eigenvalue weighted by Gasteiger charge is -2.08. The number of pyridine rings is 1. The summed E-state index contributed by atoms with van der Waals surface area (Å²) in [6, 6.07) is 9.48. The van der Waals surface area contributed by atoms with Gasteiger partial charge < -0.3 is 5.11 Å². The van der Waals surface area contributed by atoms with E-state index in [0.29, 0.717) is 17.8 Å². The summed E-state index contributed by atoms with van der Waals surface area (Å²) in [6.07, 6.45) is 1.94. The maximum Gasteiger partial charge on any atom is 0.233 e. The Labute approximate surface area is 122 Å². The van der Waals surface area contributed by atoms with Gasteiger partial charge >= 0.3 is 0 Å². The molecular weight excluding hydrogens is 300 g/mol. The van der Waals surface area contributed by atoms with Crippen LogP contribution in [0.15, 0.2) is 42.6 Å². The SMILES string of the molecule is O=S(=O)(CCc1ccccn1)Nc1ccc(O)c(Cl)c1. The van der Waals surface area contributed by atoms with Gasteiger partial charge in [-0.1, -0.05) is 17.7 Å². The molecule has 0 aliphatic rings. The fourth-order valence-corrected chi connectivity index (χ4v) is 2.83. The summed E-state index contributed by atoms with van der Waals surface area (Å²) in [7, 11) is -3.49. The molecule has 5 nitrogen and oxygen atoms in total. The van der Waals surface area contributed by atoms with Gasteiger partial charge in [0, 0.05) is 18.3 Å². The Morgan fingerprint density at radius 3 is 2.70 bits per heavy atom. The van der Waals surface area contributed by atoms with Crippen LogP contribution in [0.25, 0.3) is 0 Å². The van der Waals surface area contributed by atoms with Gasteiger partial charge in [0.25, 0.3) is 0 Å². The lowest BCUT2D eigenvalue weighted by molar-refractivity contribution is 0.475. The van der Waals surface area contributed by atoms with Gasteiger partial charge in [0.1, 0.15) is 5.75 Å². The molecule has 0 radical (unpaired) electrons. The second-order valence-electron chi connectivity index (χ2n) is 4.16. The van der Waals surface area contributed by atoms with Crippen molar-refractivity contribution in [2.45, 2.75) is 6.42 Å². The van der Waals surface area contributed by atoms with Crippen molar-refractivity contribution in [1.82, 2.24) is 4.98 Å². The number of halogens is 1. The predicted octanol–water partition coefficient (Wildman–Crippen LogP) is 2.42. The van der Waals surface area contributed by atoms with Crippen molar-refractivity contribution in [3.63, 3.8) is 0 Å². The smallest absolute Gasteiger partial charge is 0.233 e. The van der Waals surface area contributed by atoms with Crippen LogP contribution >= 0.6 is 11.6 Å². The Bertz CT molecular complexity index is 690. The predicted molar refractivity (Wildman–Crippen MR) is 78.5 cm³/mol. The first-order valence-electron chi connectivity index (χ1n) is 5.85. The van der Waals surface area contributed by atoms with E-state index in [0.717, 1.165) is 0 Å². The molecule has 0 saturated carbocycles. The maximum absolute atomic E-state index is 11.9. The molecule has 1 heterocycles. The van der Waals surface area contributed by atoms with Gasteiger partial charge in [0.15, 0.2) is 0 Å². The number of nitrogens with one attached hydrogen (secondary N) is 1. The molecule has 2 aromatic rings. The number of hydrogen-bond acceptors (Lipinski definition) is 4. The lowest BCUT2D eigenvalue weighted by Crippen LogP contribution is -2.18. The van der Waals surface area contributed by atoms with Gasteiger partial charge in [-0.25, -0.2) is 8.42 Å². The third-order valence-corrected chi connectivity index (χ3v) is 4.17. The minimum absolute atomic E-state index is 0.0808. The molecule has 0 atom stereocenters. The molecule has 0 spiro atoms. The van der Waals surface area contributed by atoms with Crippen LogP contribution in [0.2, 0.25) is 5.02 Å². The van der Waals surface area contributed by atoms with E-state index in [1.807, 2.05) is 6.07 Å². The zero-order valence-electron chi connectivity index (χ0n) is 10.5. The molecule has 0 bridgehead atoms. The van der Waals surface area contributed by atoms with E-state index in [-0.39, 0.29) is 16.5 Å². The van der Waals surface area contributed by atoms with Gasteiger partial charge in [-0.15, -0.1) is 0 Å². The zero-order valence-corrected chi connectivity index (χ0v) is 12.0. The molecular formula is C13H13ClN2O3S. The summed E-state index contributed by atoms with van der Waals surface area (Å²) < 4.78 is 26.3. The van der Waals surface area contributed by atoms with Crippen LogP contribution in [0, 0.1) is 0 Å². The summed E-state index contributed by atoms with van der Waals surface area (Å²) in [5.74, 6) is -0.175. The molecule has 0 aliphatic carbocycles. The van der Waals surface area contributed by atoms with Gasteiger partial charge in [-0.3, -0.25) is 9.71 Å². The highest BCUT2D eigenvalue weighted by atomic mass is 35.5. The zero-order chi connectivity index (χ0) is 14.6. The van der Waals surface area contributed by atoms with Crippen molar-refractivity contribution < 1.29 is 13.5 Å². The van der Waals surface area contributed by atoms with Crippen molar-refractivity contribution in [3.05, 3.63) is 53.3 Å². The van der Waals surface area contributed by atoms with E-state index in [4.69, 9.17) is 11.6 Å². The van der Waals surface area contributed by atoms with E-state index in [2.05, 4.69) is 9.71 Å². The Kier molecular flexibility index (Phi) is 4.46. The molecule has 0 fully saturated rings. The second kappa shape index (κ2) is 6.11. The van der Waals surface area contributed by atoms with Gasteiger partial charge in [0.2, 0.25) is 10.0 Å². The number of phenols is 1. The van der Waals surface area contributed by atoms with Crippen molar-refractivity contribution in [1.29, 1.82) is 0 Å². The first kappa shape index (κ1) is 14.6. The summed E-state index contributed by atoms with van der Waals surface area (Å²) in [6.45, 7) is 0. The van der Waals surface area contributed by atoms with Crippen LogP contribution in [-0.4, -0.2) is 24.3 Å². The third-order valence-electron chi connectivity index (χ3n) is 2.57. The van der Waals surface area contributed by atoms with Crippen LogP contribution in [-0.2, 0) is 16.4 Å². The molecule has 1 aromatic carbocycles. The van der Waals surface area contributed by atoms with Crippen molar-refractivity contribution in [2.75, 3.05) is 10.5 Å². The molecule has 1 aromatic heterocycles. The van der Waals surface area contributed by atoms with Crippen molar-refractivity contribution in [3.8, 4) is 5.75 Å². The van der Waals surface area contributed by atoms with E-state index in [9.17, 15) is 13.5 Å². The second-order valence-corrected chi connectivity index (χ2v) is 6.41. The lowest BCUT2D eigenvalue weighted by atomic mass is 10.3. The van der Waals surface area contributed by atoms with Crippen LogP contribution < -0.4 is 4.72 Å². The molecule has 0 aliphatic heterocycles. The number of rotatable bonds is 5. The van der Waals surface area contributed by atoms with Crippen LogP contribution in [0.5, 0.6) is 5.75 Å². The summed E-state index contributed by atoms with van der Waals surface area (Å²) in [4.78, 5) is 4.07. The average Bonchev–Trinajstić information content (AvgIpc) is 2.42. The summed E-state index contributed by atoms with van der Waals surface area (Å²) in [5, 5.41) is 9.37. The maximum atomic E-state index is 11.9. The van der Waals surface area contributed by atoms with E-state index in [1.165, 1.54) is 18.2 Å². The highest BCUT2D eigenvalue weighted by Crippen LogP contribution is 2.26. The Morgan fingerprint density at radius 2 is 2.05 bits per heavy atom. The van der Waals surface area contributed by atoms with Gasteiger partial charge in [-0.2, -0.15) is 0 Å². The van der Waals surface area contributed by atoms with Crippen LogP contribution in [0.4, 0.5) is 5.69 Å². The number of hydrogen-bond donors (Lipinski definition) is 2. The molecule has 2 rings (SSSR count). The Morgan fingerprint density at radius 1 is 1.25 bits per heavy atom. The number of phenolic OH excluding ortho intramolecular Hbond substituents is 1. The average molecular weight is 313 g/mol. The molecule has 7 heteroatoms. The number of benzene rings is 1. The number of sulfonamides is 1. The number of aryl methyl sites for hydroxylation is 1. The van der Waals surface area contributed by atoms with E-state index < -0.39 is 10.0 Å². The highest BCUT2D eigenvalue weighted by Gasteiger charge is 2.12. The molecule has 2 N–H and O–H groups in total. The molecule has 0 amide bonds. The minimum atomic E-state index is -3.49. The quantitative estimate of drug-likeness (QED) is 0.831. The normalized spacial score (nSPS) is 11.2. The summed E-state index contributed by atoms with van der Waals surface area (Å²) in [5.41, 5.74) is 1.02. The molecule has 106 valence electrons. The number of aromatic hydroxyl groups is 1. The topological polar surface area (TPSA) is 79.3 Å².